The number of hydrogen-bond acceptors (Lipinski definition) is 4. The van der Waals surface area contributed by atoms with Crippen molar-refractivity contribution in [1.82, 2.24) is 4.90 Å². The quantitative estimate of drug-likeness (QED) is 0.594. The van der Waals surface area contributed by atoms with Crippen LogP contribution >= 0.6 is 22.9 Å². The molecule has 2 aromatic carbocycles. The highest BCUT2D eigenvalue weighted by Crippen LogP contribution is 2.22. The summed E-state index contributed by atoms with van der Waals surface area (Å²) < 4.78 is 5.83. The Morgan fingerprint density at radius 2 is 1.82 bits per heavy atom. The molecule has 6 heteroatoms. The molecule has 0 unspecified atom stereocenters. The lowest BCUT2D eigenvalue weighted by Gasteiger charge is -2.36. The number of thiophene rings is 1. The zero-order chi connectivity index (χ0) is 19.3. The Hall–Kier alpha value is -2.50. The molecular weight excluding hydrogens is 392 g/mol. The lowest BCUT2D eigenvalue weighted by molar-refractivity contribution is 0.0746. The summed E-state index contributed by atoms with van der Waals surface area (Å²) in [5.41, 5.74) is 1.77. The first-order valence-corrected chi connectivity index (χ1v) is 10.5. The van der Waals surface area contributed by atoms with Gasteiger partial charge in [0.1, 0.15) is 12.4 Å². The maximum atomic E-state index is 12.9. The Bertz CT molecular complexity index is 937. The number of benzene rings is 2. The highest BCUT2D eigenvalue weighted by molar-refractivity contribution is 7.09. The van der Waals surface area contributed by atoms with Crippen molar-refractivity contribution in [2.75, 3.05) is 31.1 Å². The number of carbonyl (C=O) groups excluding carboxylic acids is 1. The first-order chi connectivity index (χ1) is 13.7. The van der Waals surface area contributed by atoms with Gasteiger partial charge in [-0.1, -0.05) is 29.8 Å². The molecule has 0 saturated carbocycles. The molecule has 2 heterocycles. The van der Waals surface area contributed by atoms with E-state index in [2.05, 4.69) is 11.0 Å². The summed E-state index contributed by atoms with van der Waals surface area (Å²) in [6, 6.07) is 19.3. The molecule has 1 fully saturated rings. The monoisotopic (exact) mass is 412 g/mol. The molecule has 4 nitrogen and oxygen atoms in total. The van der Waals surface area contributed by atoms with Crippen LogP contribution in [0.4, 0.5) is 5.69 Å². The van der Waals surface area contributed by atoms with E-state index in [-0.39, 0.29) is 5.91 Å². The normalized spacial score (nSPS) is 14.2. The third-order valence-corrected chi connectivity index (χ3v) is 5.87. The second-order valence-electron chi connectivity index (χ2n) is 6.65. The van der Waals surface area contributed by atoms with E-state index in [4.69, 9.17) is 16.3 Å². The smallest absolute Gasteiger partial charge is 0.254 e. The van der Waals surface area contributed by atoms with Crippen molar-refractivity contribution < 1.29 is 9.53 Å². The van der Waals surface area contributed by atoms with Crippen LogP contribution in [0.2, 0.25) is 5.02 Å². The highest BCUT2D eigenvalue weighted by Gasteiger charge is 2.22. The molecule has 0 bridgehead atoms. The number of hydrogen-bond donors (Lipinski definition) is 0. The Kier molecular flexibility index (Phi) is 5.84. The molecule has 0 N–H and O–H groups in total. The number of halogens is 1. The SMILES string of the molecule is O=C(c1cccc(OCc2cccs2)c1)N1CCN(c2cccc(Cl)c2)CC1. The molecule has 144 valence electrons. The van der Waals surface area contributed by atoms with Gasteiger partial charge in [0, 0.05) is 47.3 Å². The predicted octanol–water partition coefficient (Wildman–Crippen LogP) is 4.94. The van der Waals surface area contributed by atoms with Gasteiger partial charge in [-0.25, -0.2) is 0 Å². The second-order valence-corrected chi connectivity index (χ2v) is 8.12. The topological polar surface area (TPSA) is 32.8 Å². The molecule has 0 spiro atoms. The summed E-state index contributed by atoms with van der Waals surface area (Å²) in [5.74, 6) is 0.768. The fourth-order valence-corrected chi connectivity index (χ4v) is 4.09. The van der Waals surface area contributed by atoms with Gasteiger partial charge in [-0.15, -0.1) is 11.3 Å². The number of amides is 1. The van der Waals surface area contributed by atoms with Gasteiger partial charge in [-0.3, -0.25) is 4.79 Å². The van der Waals surface area contributed by atoms with E-state index in [1.165, 1.54) is 0 Å². The number of piperazine rings is 1. The van der Waals surface area contributed by atoms with Gasteiger partial charge < -0.3 is 14.5 Å². The Morgan fingerprint density at radius 3 is 2.57 bits per heavy atom. The van der Waals surface area contributed by atoms with Gasteiger partial charge in [0.05, 0.1) is 0 Å². The molecule has 3 aromatic rings. The number of anilines is 1. The minimum absolute atomic E-state index is 0.0484. The average molecular weight is 413 g/mol. The first kappa shape index (κ1) is 18.8. The van der Waals surface area contributed by atoms with Crippen molar-refractivity contribution in [3.63, 3.8) is 0 Å². The molecule has 1 aromatic heterocycles. The van der Waals surface area contributed by atoms with Crippen LogP contribution in [0, 0.1) is 0 Å². The first-order valence-electron chi connectivity index (χ1n) is 9.24. The maximum absolute atomic E-state index is 12.9. The second kappa shape index (κ2) is 8.67. The minimum atomic E-state index is 0.0484. The van der Waals surface area contributed by atoms with Crippen molar-refractivity contribution in [2.24, 2.45) is 0 Å². The van der Waals surface area contributed by atoms with Crippen LogP contribution in [0.1, 0.15) is 15.2 Å². The summed E-state index contributed by atoms with van der Waals surface area (Å²) in [4.78, 5) is 18.2. The predicted molar refractivity (Wildman–Crippen MR) is 115 cm³/mol. The largest absolute Gasteiger partial charge is 0.488 e. The van der Waals surface area contributed by atoms with Gasteiger partial charge >= 0.3 is 0 Å². The van der Waals surface area contributed by atoms with E-state index >= 15 is 0 Å². The van der Waals surface area contributed by atoms with Crippen molar-refractivity contribution in [3.05, 3.63) is 81.5 Å². The van der Waals surface area contributed by atoms with Crippen molar-refractivity contribution >= 4 is 34.5 Å². The van der Waals surface area contributed by atoms with Crippen LogP contribution in [0.25, 0.3) is 0 Å². The zero-order valence-corrected chi connectivity index (χ0v) is 17.0. The Labute approximate surface area is 173 Å². The van der Waals surface area contributed by atoms with Crippen LogP contribution in [0.15, 0.2) is 66.0 Å². The maximum Gasteiger partial charge on any atom is 0.254 e. The zero-order valence-electron chi connectivity index (χ0n) is 15.4. The molecule has 1 aliphatic heterocycles. The van der Waals surface area contributed by atoms with Crippen LogP contribution in [0.5, 0.6) is 5.75 Å². The molecule has 0 radical (unpaired) electrons. The molecule has 1 saturated heterocycles. The molecule has 0 aliphatic carbocycles. The third kappa shape index (κ3) is 4.49. The average Bonchev–Trinajstić information content (AvgIpc) is 3.26. The molecule has 28 heavy (non-hydrogen) atoms. The summed E-state index contributed by atoms with van der Waals surface area (Å²) in [6.07, 6.45) is 0. The summed E-state index contributed by atoms with van der Waals surface area (Å²) in [5, 5.41) is 2.76. The lowest BCUT2D eigenvalue weighted by Crippen LogP contribution is -2.48. The Morgan fingerprint density at radius 1 is 1.00 bits per heavy atom. The Balaban J connectivity index is 1.36. The summed E-state index contributed by atoms with van der Waals surface area (Å²) in [7, 11) is 0. The standard InChI is InChI=1S/C22H21ClN2O2S/c23-18-5-2-6-19(15-18)24-9-11-25(12-10-24)22(26)17-4-1-7-20(14-17)27-16-21-8-3-13-28-21/h1-8,13-15H,9-12,16H2. The van der Waals surface area contributed by atoms with Crippen LogP contribution in [0.3, 0.4) is 0 Å². The van der Waals surface area contributed by atoms with Gasteiger partial charge in [0.15, 0.2) is 0 Å². The number of rotatable bonds is 5. The fourth-order valence-electron chi connectivity index (χ4n) is 3.29. The molecule has 4 rings (SSSR count). The molecule has 0 atom stereocenters. The van der Waals surface area contributed by atoms with E-state index in [0.717, 1.165) is 34.4 Å². The molecular formula is C22H21ClN2O2S. The van der Waals surface area contributed by atoms with Crippen LogP contribution in [-0.2, 0) is 6.61 Å². The van der Waals surface area contributed by atoms with Crippen molar-refractivity contribution in [2.45, 2.75) is 6.61 Å². The summed E-state index contributed by atoms with van der Waals surface area (Å²) >= 11 is 7.76. The van der Waals surface area contributed by atoms with Crippen molar-refractivity contribution in [3.8, 4) is 5.75 Å². The van der Waals surface area contributed by atoms with Crippen LogP contribution < -0.4 is 9.64 Å². The van der Waals surface area contributed by atoms with Gasteiger partial charge in [-0.05, 0) is 47.8 Å². The van der Waals surface area contributed by atoms with E-state index in [1.54, 1.807) is 11.3 Å². The lowest BCUT2D eigenvalue weighted by atomic mass is 10.1. The number of ether oxygens (including phenoxy) is 1. The van der Waals surface area contributed by atoms with E-state index in [9.17, 15) is 4.79 Å². The molecule has 1 aliphatic rings. The van der Waals surface area contributed by atoms with Crippen LogP contribution in [-0.4, -0.2) is 37.0 Å². The van der Waals surface area contributed by atoms with Crippen molar-refractivity contribution in [1.29, 1.82) is 0 Å². The number of nitrogens with zero attached hydrogens (tertiary/aromatic N) is 2. The van der Waals surface area contributed by atoms with E-state index in [1.807, 2.05) is 64.9 Å². The van der Waals surface area contributed by atoms with E-state index < -0.39 is 0 Å². The van der Waals surface area contributed by atoms with E-state index in [0.29, 0.717) is 25.3 Å². The van der Waals surface area contributed by atoms with Gasteiger partial charge in [-0.2, -0.15) is 0 Å². The molecule has 1 amide bonds. The highest BCUT2D eigenvalue weighted by atomic mass is 35.5. The summed E-state index contributed by atoms with van der Waals surface area (Å²) in [6.45, 7) is 3.48. The minimum Gasteiger partial charge on any atom is -0.488 e. The van der Waals surface area contributed by atoms with Gasteiger partial charge in [0.25, 0.3) is 5.91 Å². The third-order valence-electron chi connectivity index (χ3n) is 4.78. The van der Waals surface area contributed by atoms with Gasteiger partial charge in [0.2, 0.25) is 0 Å². The fraction of sp³-hybridized carbons (Fsp3) is 0.227. The number of carbonyl (C=O) groups is 1.